The first kappa shape index (κ1) is 25.7. The Hall–Kier alpha value is -3.94. The van der Waals surface area contributed by atoms with Gasteiger partial charge in [0.2, 0.25) is 0 Å². The first-order chi connectivity index (χ1) is 16.8. The highest BCUT2D eigenvalue weighted by Crippen LogP contribution is 2.26. The molecule has 1 heterocycles. The van der Waals surface area contributed by atoms with Gasteiger partial charge in [0.1, 0.15) is 11.5 Å². The van der Waals surface area contributed by atoms with E-state index in [9.17, 15) is 24.6 Å². The van der Waals surface area contributed by atoms with E-state index in [0.29, 0.717) is 25.5 Å². The van der Waals surface area contributed by atoms with E-state index in [1.165, 1.54) is 12.1 Å². The van der Waals surface area contributed by atoms with Gasteiger partial charge >= 0.3 is 11.9 Å². The summed E-state index contributed by atoms with van der Waals surface area (Å²) in [6.45, 7) is 5.78. The number of imidazole rings is 1. The lowest BCUT2D eigenvalue weighted by Crippen LogP contribution is -2.33. The third kappa shape index (κ3) is 6.35. The van der Waals surface area contributed by atoms with Crippen molar-refractivity contribution in [3.8, 4) is 11.4 Å². The Kier molecular flexibility index (Phi) is 8.78. The average Bonchev–Trinajstić information content (AvgIpc) is 3.27. The average molecular weight is 478 g/mol. The van der Waals surface area contributed by atoms with Gasteiger partial charge in [0, 0.05) is 31.4 Å². The van der Waals surface area contributed by atoms with Gasteiger partial charge < -0.3 is 19.7 Å². The molecule has 0 saturated carbocycles. The summed E-state index contributed by atoms with van der Waals surface area (Å²) in [5.41, 5.74) is 1.14. The molecule has 2 aromatic carbocycles. The maximum atomic E-state index is 13.4. The minimum Gasteiger partial charge on any atom is -0.478 e. The standard InChI is InChI=1S/C27H31N3O5/c1-3-5-14-29(15-6-4-2)25(31)23-18-30(17-19-10-8-7-9-11-19)24(28-23)21-13-12-20(26(32)33)16-22(21)27(34)35/h7-13,16,18H,3-6,14-15,17H2,1-2H3,(H,32,33)(H,34,35). The van der Waals surface area contributed by atoms with Crippen molar-refractivity contribution in [1.82, 2.24) is 14.5 Å². The molecular formula is C27H31N3O5. The number of amides is 1. The van der Waals surface area contributed by atoms with Gasteiger partial charge in [-0.25, -0.2) is 14.6 Å². The van der Waals surface area contributed by atoms with Crippen molar-refractivity contribution in [2.24, 2.45) is 0 Å². The molecule has 8 heteroatoms. The molecule has 0 fully saturated rings. The van der Waals surface area contributed by atoms with Gasteiger partial charge in [0.05, 0.1) is 11.1 Å². The smallest absolute Gasteiger partial charge is 0.336 e. The fraction of sp³-hybridized carbons (Fsp3) is 0.333. The second-order valence-electron chi connectivity index (χ2n) is 8.43. The minimum atomic E-state index is -1.27. The molecule has 0 unspecified atom stereocenters. The zero-order chi connectivity index (χ0) is 25.4. The number of rotatable bonds is 12. The number of nitrogens with zero attached hydrogens (tertiary/aromatic N) is 3. The molecule has 8 nitrogen and oxygen atoms in total. The zero-order valence-corrected chi connectivity index (χ0v) is 20.1. The van der Waals surface area contributed by atoms with E-state index in [2.05, 4.69) is 18.8 Å². The van der Waals surface area contributed by atoms with Crippen LogP contribution in [0, 0.1) is 0 Å². The topological polar surface area (TPSA) is 113 Å². The van der Waals surface area contributed by atoms with Crippen LogP contribution in [0.15, 0.2) is 54.7 Å². The monoisotopic (exact) mass is 477 g/mol. The Morgan fingerprint density at radius 3 is 2.14 bits per heavy atom. The lowest BCUT2D eigenvalue weighted by atomic mass is 10.0. The number of unbranched alkanes of at least 4 members (excludes halogenated alkanes) is 2. The Labute approximate surface area is 204 Å². The lowest BCUT2D eigenvalue weighted by Gasteiger charge is -2.21. The predicted octanol–water partition coefficient (Wildman–Crippen LogP) is 5.04. The van der Waals surface area contributed by atoms with Crippen LogP contribution in [-0.4, -0.2) is 55.6 Å². The van der Waals surface area contributed by atoms with Crippen LogP contribution >= 0.6 is 0 Å². The summed E-state index contributed by atoms with van der Waals surface area (Å²) >= 11 is 0. The summed E-state index contributed by atoms with van der Waals surface area (Å²) in [6.07, 6.45) is 5.34. The van der Waals surface area contributed by atoms with Crippen molar-refractivity contribution in [3.63, 3.8) is 0 Å². The van der Waals surface area contributed by atoms with Crippen LogP contribution < -0.4 is 0 Å². The van der Waals surface area contributed by atoms with Crippen LogP contribution in [0.5, 0.6) is 0 Å². The van der Waals surface area contributed by atoms with Gasteiger partial charge in [-0.15, -0.1) is 0 Å². The Morgan fingerprint density at radius 2 is 1.57 bits per heavy atom. The predicted molar refractivity (Wildman–Crippen MR) is 133 cm³/mol. The molecule has 3 rings (SSSR count). The van der Waals surface area contributed by atoms with E-state index < -0.39 is 11.9 Å². The number of carboxylic acids is 2. The van der Waals surface area contributed by atoms with E-state index >= 15 is 0 Å². The van der Waals surface area contributed by atoms with Crippen LogP contribution in [0.25, 0.3) is 11.4 Å². The molecule has 184 valence electrons. The molecule has 0 atom stereocenters. The van der Waals surface area contributed by atoms with Crippen LogP contribution in [0.3, 0.4) is 0 Å². The molecule has 1 amide bonds. The summed E-state index contributed by atoms with van der Waals surface area (Å²) in [6, 6.07) is 13.5. The minimum absolute atomic E-state index is 0.131. The van der Waals surface area contributed by atoms with E-state index in [1.54, 1.807) is 15.7 Å². The SMILES string of the molecule is CCCCN(CCCC)C(=O)c1cn(Cc2ccccc2)c(-c2ccc(C(=O)O)cc2C(=O)O)n1. The van der Waals surface area contributed by atoms with Gasteiger partial charge in [0.15, 0.2) is 0 Å². The van der Waals surface area contributed by atoms with Gasteiger partial charge in [-0.2, -0.15) is 0 Å². The fourth-order valence-corrected chi connectivity index (χ4v) is 3.86. The molecule has 0 radical (unpaired) electrons. The first-order valence-electron chi connectivity index (χ1n) is 11.9. The van der Waals surface area contributed by atoms with E-state index in [0.717, 1.165) is 37.3 Å². The van der Waals surface area contributed by atoms with Gasteiger partial charge in [0.25, 0.3) is 5.91 Å². The second kappa shape index (κ2) is 12.0. The molecule has 0 aliphatic rings. The number of aromatic nitrogens is 2. The summed E-state index contributed by atoms with van der Waals surface area (Å²) in [5.74, 6) is -2.38. The highest BCUT2D eigenvalue weighted by atomic mass is 16.4. The summed E-state index contributed by atoms with van der Waals surface area (Å²) in [7, 11) is 0. The largest absolute Gasteiger partial charge is 0.478 e. The lowest BCUT2D eigenvalue weighted by molar-refractivity contribution is 0.0695. The third-order valence-electron chi connectivity index (χ3n) is 5.78. The molecule has 0 bridgehead atoms. The Morgan fingerprint density at radius 1 is 0.914 bits per heavy atom. The molecule has 3 aromatic rings. The first-order valence-corrected chi connectivity index (χ1v) is 11.9. The number of carbonyl (C=O) groups is 3. The molecule has 0 aliphatic carbocycles. The van der Waals surface area contributed by atoms with Crippen molar-refractivity contribution in [2.45, 2.75) is 46.1 Å². The molecule has 1 aromatic heterocycles. The quantitative estimate of drug-likeness (QED) is 0.378. The van der Waals surface area contributed by atoms with Gasteiger partial charge in [-0.1, -0.05) is 57.0 Å². The Bertz CT molecular complexity index is 1180. The molecule has 0 saturated heterocycles. The van der Waals surface area contributed by atoms with Crippen molar-refractivity contribution in [1.29, 1.82) is 0 Å². The van der Waals surface area contributed by atoms with E-state index in [1.807, 2.05) is 30.3 Å². The molecule has 35 heavy (non-hydrogen) atoms. The molecule has 2 N–H and O–H groups in total. The summed E-state index contributed by atoms with van der Waals surface area (Å²) in [5, 5.41) is 19.1. The number of hydrogen-bond acceptors (Lipinski definition) is 4. The summed E-state index contributed by atoms with van der Waals surface area (Å²) in [4.78, 5) is 43.2. The maximum absolute atomic E-state index is 13.4. The van der Waals surface area contributed by atoms with E-state index in [4.69, 9.17) is 0 Å². The van der Waals surface area contributed by atoms with E-state index in [-0.39, 0.29) is 28.3 Å². The van der Waals surface area contributed by atoms with Crippen molar-refractivity contribution in [3.05, 3.63) is 77.1 Å². The van der Waals surface area contributed by atoms with Crippen molar-refractivity contribution < 1.29 is 24.6 Å². The number of benzene rings is 2. The zero-order valence-electron chi connectivity index (χ0n) is 20.1. The molecule has 0 spiro atoms. The van der Waals surface area contributed by atoms with Crippen LogP contribution in [0.4, 0.5) is 0 Å². The van der Waals surface area contributed by atoms with Crippen molar-refractivity contribution in [2.75, 3.05) is 13.1 Å². The maximum Gasteiger partial charge on any atom is 0.336 e. The second-order valence-corrected chi connectivity index (χ2v) is 8.43. The van der Waals surface area contributed by atoms with Crippen LogP contribution in [0.1, 0.15) is 76.3 Å². The van der Waals surface area contributed by atoms with Gasteiger partial charge in [-0.05, 0) is 36.6 Å². The van der Waals surface area contributed by atoms with Crippen LogP contribution in [-0.2, 0) is 6.54 Å². The number of carbonyl (C=O) groups excluding carboxylic acids is 1. The highest BCUT2D eigenvalue weighted by Gasteiger charge is 2.24. The van der Waals surface area contributed by atoms with Gasteiger partial charge in [-0.3, -0.25) is 4.79 Å². The summed E-state index contributed by atoms with van der Waals surface area (Å²) < 4.78 is 1.75. The highest BCUT2D eigenvalue weighted by molar-refractivity contribution is 5.99. The Balaban J connectivity index is 2.10. The molecular weight excluding hydrogens is 446 g/mol. The third-order valence-corrected chi connectivity index (χ3v) is 5.78. The normalized spacial score (nSPS) is 10.8. The number of aromatic carboxylic acids is 2. The van der Waals surface area contributed by atoms with Crippen LogP contribution in [0.2, 0.25) is 0 Å². The number of hydrogen-bond donors (Lipinski definition) is 2. The molecule has 0 aliphatic heterocycles. The fourth-order valence-electron chi connectivity index (χ4n) is 3.86. The van der Waals surface area contributed by atoms with Crippen molar-refractivity contribution >= 4 is 17.8 Å². The number of carboxylic acid groups (broad SMARTS) is 2.